The minimum atomic E-state index is -2.67. The first-order chi connectivity index (χ1) is 19.0. The number of carbonyl (C=O) groups is 4. The van der Waals surface area contributed by atoms with Gasteiger partial charge in [0.1, 0.15) is 11.5 Å². The molecular formula is C28H38N5O8+. The van der Waals surface area contributed by atoms with E-state index in [0.29, 0.717) is 16.8 Å². The number of anilines is 1. The quantitative estimate of drug-likeness (QED) is 0.208. The maximum absolute atomic E-state index is 14.0. The van der Waals surface area contributed by atoms with Crippen LogP contribution in [-0.4, -0.2) is 114 Å². The van der Waals surface area contributed by atoms with Gasteiger partial charge < -0.3 is 35.5 Å². The second kappa shape index (κ2) is 10.6. The molecule has 2 amide bonds. The maximum Gasteiger partial charge on any atom is 0.348 e. The van der Waals surface area contributed by atoms with Crippen LogP contribution in [0.4, 0.5) is 5.69 Å². The van der Waals surface area contributed by atoms with Crippen molar-refractivity contribution in [1.29, 1.82) is 0 Å². The molecule has 13 heteroatoms. The van der Waals surface area contributed by atoms with Crippen molar-refractivity contribution in [3.63, 3.8) is 0 Å². The zero-order valence-corrected chi connectivity index (χ0v) is 24.1. The summed E-state index contributed by atoms with van der Waals surface area (Å²) >= 11 is 0. The summed E-state index contributed by atoms with van der Waals surface area (Å²) in [5.74, 6) is -6.86. The summed E-state index contributed by atoms with van der Waals surface area (Å²) in [6, 6.07) is 0.595. The summed E-state index contributed by atoms with van der Waals surface area (Å²) in [7, 11) is 10.2. The Morgan fingerprint density at radius 2 is 1.73 bits per heavy atom. The fourth-order valence-electron chi connectivity index (χ4n) is 6.45. The van der Waals surface area contributed by atoms with Crippen molar-refractivity contribution >= 4 is 34.8 Å². The average Bonchev–Trinajstić information content (AvgIpc) is 2.84. The van der Waals surface area contributed by atoms with Gasteiger partial charge in [0.2, 0.25) is 11.7 Å². The van der Waals surface area contributed by atoms with E-state index in [1.165, 1.54) is 4.90 Å². The van der Waals surface area contributed by atoms with E-state index in [1.807, 2.05) is 0 Å². The summed E-state index contributed by atoms with van der Waals surface area (Å²) in [6.45, 7) is 0.0758. The molecule has 0 bridgehead atoms. The van der Waals surface area contributed by atoms with Crippen LogP contribution >= 0.6 is 0 Å². The molecular weight excluding hydrogens is 534 g/mol. The molecule has 13 nitrogen and oxygen atoms in total. The van der Waals surface area contributed by atoms with Gasteiger partial charge in [-0.15, -0.1) is 0 Å². The highest BCUT2D eigenvalue weighted by atomic mass is 16.3. The van der Waals surface area contributed by atoms with E-state index in [0.717, 1.165) is 0 Å². The standard InChI is InChI=1S/C28H37N5O8/c1-31(2)11-17(34)30-10-13-9-16(32(3)4)14-7-12-8-15-21(33(5)6)24(37)20(27(29)40)26(39)28(15,41)25(38)18(12)23(36)19(14)22(13)35/h9,12,15,21,35-36,39,41H,7-8,10-11H2,1-6H3,(H2,29,40)(H,30,34)/p+1. The second-order valence-corrected chi connectivity index (χ2v) is 11.7. The number of Topliss-reactive ketones (excluding diaryl/α,β-unsaturated/α-hetero) is 2. The zero-order valence-electron chi connectivity index (χ0n) is 24.1. The monoisotopic (exact) mass is 572 g/mol. The highest BCUT2D eigenvalue weighted by Gasteiger charge is 2.64. The Hall–Kier alpha value is -3.78. The summed E-state index contributed by atoms with van der Waals surface area (Å²) in [5, 5.41) is 48.4. The van der Waals surface area contributed by atoms with Crippen molar-refractivity contribution < 1.29 is 45.3 Å². The average molecular weight is 573 g/mol. The number of nitrogens with zero attached hydrogens (tertiary/aromatic N) is 3. The van der Waals surface area contributed by atoms with Crippen LogP contribution < -0.4 is 16.0 Å². The molecule has 41 heavy (non-hydrogen) atoms. The van der Waals surface area contributed by atoms with E-state index in [2.05, 4.69) is 11.1 Å². The minimum Gasteiger partial charge on any atom is -0.508 e. The number of carbonyl (C=O) groups excluding carboxylic acids is 4. The Morgan fingerprint density at radius 3 is 2.27 bits per heavy atom. The van der Waals surface area contributed by atoms with E-state index < -0.39 is 58.0 Å². The number of hydrogen-bond acceptors (Lipinski definition) is 11. The van der Waals surface area contributed by atoms with Gasteiger partial charge in [-0.1, -0.05) is 0 Å². The Labute approximate surface area is 237 Å². The number of aliphatic hydroxyl groups is 3. The molecule has 3 aliphatic carbocycles. The number of aliphatic hydroxyl groups excluding tert-OH is 2. The Morgan fingerprint density at radius 1 is 1.10 bits per heavy atom. The number of hydrogen-bond donors (Lipinski definition) is 6. The van der Waals surface area contributed by atoms with Crippen molar-refractivity contribution in [2.24, 2.45) is 11.8 Å². The third-order valence-corrected chi connectivity index (χ3v) is 8.23. The fraction of sp³-hybridized carbons (Fsp3) is 0.500. The molecule has 3 aliphatic rings. The van der Waals surface area contributed by atoms with Gasteiger partial charge >= 0.3 is 5.91 Å². The first-order valence-electron chi connectivity index (χ1n) is 13.2. The van der Waals surface area contributed by atoms with Gasteiger partial charge in [-0.2, -0.15) is 0 Å². The molecule has 4 unspecified atom stereocenters. The second-order valence-electron chi connectivity index (χ2n) is 11.7. The van der Waals surface area contributed by atoms with Gasteiger partial charge in [0.05, 0.1) is 18.2 Å². The number of amides is 2. The molecule has 222 valence electrons. The first-order valence-corrected chi connectivity index (χ1v) is 13.2. The molecule has 0 radical (unpaired) electrons. The third-order valence-electron chi connectivity index (χ3n) is 8.23. The molecule has 0 saturated heterocycles. The molecule has 4 atom stereocenters. The van der Waals surface area contributed by atoms with Gasteiger partial charge in [-0.3, -0.25) is 25.0 Å². The van der Waals surface area contributed by atoms with Crippen molar-refractivity contribution in [1.82, 2.24) is 15.1 Å². The number of likely N-dealkylation sites (N-methyl/N-ethyl adjacent to an activating group) is 2. The van der Waals surface area contributed by atoms with E-state index in [-0.39, 0.29) is 48.7 Å². The van der Waals surface area contributed by atoms with E-state index in [1.54, 1.807) is 58.2 Å². The lowest BCUT2D eigenvalue weighted by molar-refractivity contribution is -0.299. The Bertz CT molecular complexity index is 1410. The van der Waals surface area contributed by atoms with Gasteiger partial charge in [0.15, 0.2) is 22.7 Å². The predicted molar refractivity (Wildman–Crippen MR) is 148 cm³/mol. The molecule has 8 N–H and O–H groups in total. The molecule has 0 heterocycles. The molecule has 0 spiro atoms. The molecule has 0 aliphatic heterocycles. The molecule has 1 fully saturated rings. The zero-order chi connectivity index (χ0) is 30.7. The minimum absolute atomic E-state index is 0.0114. The van der Waals surface area contributed by atoms with Gasteiger partial charge in [0.25, 0.3) is 0 Å². The number of phenolic OH excluding ortho intramolecular Hbond substituents is 1. The van der Waals surface area contributed by atoms with Crippen molar-refractivity contribution in [2.45, 2.75) is 31.0 Å². The van der Waals surface area contributed by atoms with Crippen LogP contribution in [0.15, 0.2) is 23.0 Å². The lowest BCUT2D eigenvalue weighted by atomic mass is 9.57. The molecule has 1 aromatic rings. The highest BCUT2D eigenvalue weighted by Crippen LogP contribution is 2.54. The van der Waals surface area contributed by atoms with E-state index >= 15 is 0 Å². The summed E-state index contributed by atoms with van der Waals surface area (Å²) in [4.78, 5) is 56.8. The summed E-state index contributed by atoms with van der Waals surface area (Å²) in [5.41, 5.74) is 1.08. The third kappa shape index (κ3) is 4.68. The molecule has 4 rings (SSSR count). The number of nitrogens with one attached hydrogen (secondary N) is 1. The lowest BCUT2D eigenvalue weighted by Crippen LogP contribution is -2.68. The van der Waals surface area contributed by atoms with Crippen molar-refractivity contribution in [2.75, 3.05) is 53.7 Å². The number of quaternary nitrogens is 1. The number of aromatic hydroxyl groups is 1. The largest absolute Gasteiger partial charge is 0.508 e. The maximum atomic E-state index is 14.0. The van der Waals surface area contributed by atoms with Gasteiger partial charge in [-0.25, -0.2) is 4.79 Å². The van der Waals surface area contributed by atoms with Gasteiger partial charge in [-0.05, 0) is 58.6 Å². The smallest absolute Gasteiger partial charge is 0.348 e. The molecule has 1 saturated carbocycles. The summed E-state index contributed by atoms with van der Waals surface area (Å²) < 4.78 is 0. The van der Waals surface area contributed by atoms with Crippen LogP contribution in [0.25, 0.3) is 5.76 Å². The first kappa shape index (κ1) is 30.2. The van der Waals surface area contributed by atoms with Crippen molar-refractivity contribution in [3.05, 3.63) is 39.7 Å². The lowest BCUT2D eigenvalue weighted by Gasteiger charge is -2.50. The van der Waals surface area contributed by atoms with Crippen LogP contribution in [-0.2, 0) is 32.1 Å². The van der Waals surface area contributed by atoms with Crippen LogP contribution in [0.2, 0.25) is 0 Å². The van der Waals surface area contributed by atoms with Gasteiger partial charge in [0, 0.05) is 43.4 Å². The highest BCUT2D eigenvalue weighted by molar-refractivity contribution is 6.22. The van der Waals surface area contributed by atoms with Crippen LogP contribution in [0.1, 0.15) is 23.1 Å². The predicted octanol–water partition coefficient (Wildman–Crippen LogP) is -1.51. The number of benzene rings is 1. The number of rotatable bonds is 7. The van der Waals surface area contributed by atoms with E-state index in [4.69, 9.17) is 0 Å². The topological polar surface area (TPSA) is 199 Å². The number of ketones is 2. The number of phenols is 1. The molecule has 1 aromatic carbocycles. The van der Waals surface area contributed by atoms with Crippen LogP contribution in [0.3, 0.4) is 0 Å². The molecule has 0 aromatic heterocycles. The fourth-order valence-corrected chi connectivity index (χ4v) is 6.45. The van der Waals surface area contributed by atoms with Crippen molar-refractivity contribution in [3.8, 4) is 5.75 Å². The normalized spacial score (nSPS) is 25.8. The number of fused-ring (bicyclic) bond motifs is 3. The SMILES string of the molecule is CN(C)CC(=O)NCc1cc(N(C)C)c2c(c1O)C(O)=C1C(=O)C3(O)C(O)=C(C([NH3+])=O)C(=O)C(N(C)C)C3CC1C2. The van der Waals surface area contributed by atoms with Crippen LogP contribution in [0, 0.1) is 11.8 Å². The Kier molecular flexibility index (Phi) is 7.78. The Balaban J connectivity index is 1.90. The summed E-state index contributed by atoms with van der Waals surface area (Å²) in [6.07, 6.45) is 0.204. The van der Waals surface area contributed by atoms with E-state index in [9.17, 15) is 39.6 Å². The van der Waals surface area contributed by atoms with Crippen LogP contribution in [0.5, 0.6) is 5.75 Å².